The molecule has 2 heterocycles. The van der Waals surface area contributed by atoms with E-state index in [-0.39, 0.29) is 66.2 Å². The van der Waals surface area contributed by atoms with Crippen LogP contribution in [0.1, 0.15) is 97.7 Å². The molecule has 0 radical (unpaired) electrons. The largest absolute Gasteiger partial charge is 1.00 e. The molecule has 1 unspecified atom stereocenters. The monoisotopic (exact) mass is 2110 g/mol. The first-order chi connectivity index (χ1) is 62.9. The normalized spacial score (nSPS) is 12.6. The van der Waals surface area contributed by atoms with Gasteiger partial charge in [-0.2, -0.15) is 6.67 Å². The van der Waals surface area contributed by atoms with E-state index in [0.717, 1.165) is 34.4 Å². The number of allylic oxidation sites excluding steroid dienone is 2. The third-order valence-electron chi connectivity index (χ3n) is 21.4. The van der Waals surface area contributed by atoms with Crippen molar-refractivity contribution in [1.82, 2.24) is 0 Å². The van der Waals surface area contributed by atoms with Crippen LogP contribution in [0.4, 0.5) is 40.0 Å². The number of rotatable bonds is 13. The van der Waals surface area contributed by atoms with Gasteiger partial charge in [0.15, 0.2) is 0 Å². The van der Waals surface area contributed by atoms with Crippen LogP contribution in [0.15, 0.2) is 431 Å². The summed E-state index contributed by atoms with van der Waals surface area (Å²) in [7, 11) is 19.6. The average Bonchev–Trinajstić information content (AvgIpc) is 1.66. The number of halogens is 8. The van der Waals surface area contributed by atoms with Crippen LogP contribution in [0.2, 0.25) is 0 Å². The van der Waals surface area contributed by atoms with E-state index in [0.29, 0.717) is 6.42 Å². The van der Waals surface area contributed by atoms with Gasteiger partial charge in [-0.05, 0) is 152 Å². The Kier molecular flexibility index (Phi) is 47.1. The predicted molar refractivity (Wildman–Crippen MR) is 570 cm³/mol. The number of benzene rings is 15. The van der Waals surface area contributed by atoms with Crippen molar-refractivity contribution in [3.05, 3.63) is 493 Å². The van der Waals surface area contributed by atoms with Crippen molar-refractivity contribution < 1.29 is 105 Å². The summed E-state index contributed by atoms with van der Waals surface area (Å²) in [6, 6.07) is 147. The second kappa shape index (κ2) is 57.0. The Bertz CT molecular complexity index is 5720. The molecule has 5 nitrogen and oxygen atoms in total. The molecule has 684 valence electrons. The van der Waals surface area contributed by atoms with Crippen LogP contribution in [-0.4, -0.2) is 58.2 Å². The van der Waals surface area contributed by atoms with Crippen molar-refractivity contribution in [1.29, 1.82) is 0 Å². The number of fused-ring (bicyclic) bond motifs is 2. The van der Waals surface area contributed by atoms with E-state index in [1.165, 1.54) is 127 Å². The molecule has 2 aliphatic carbocycles. The van der Waals surface area contributed by atoms with E-state index >= 15 is 0 Å². The van der Waals surface area contributed by atoms with Crippen LogP contribution in [0.25, 0.3) is 11.1 Å². The number of hydrogen-bond acceptors (Lipinski definition) is 4. The zero-order valence-corrected chi connectivity index (χ0v) is 87.5. The first-order valence-electron chi connectivity index (χ1n) is 42.8. The van der Waals surface area contributed by atoms with Crippen molar-refractivity contribution in [3.63, 3.8) is 0 Å². The fourth-order valence-electron chi connectivity index (χ4n) is 14.7. The minimum absolute atomic E-state index is 0. The van der Waals surface area contributed by atoms with Gasteiger partial charge in [0, 0.05) is 24.5 Å². The van der Waals surface area contributed by atoms with E-state index in [4.69, 9.17) is 38.8 Å². The summed E-state index contributed by atoms with van der Waals surface area (Å²) < 4.78 is 43.6. The Morgan fingerprint density at radius 1 is 0.368 bits per heavy atom. The van der Waals surface area contributed by atoms with Crippen LogP contribution in [-0.2, 0) is 27.0 Å². The standard InChI is InChI=1S/2C18H15P.2C17H19N2.2C15H10.C6H7P.C5H11O.2CH4.BF4.4ClH.K.2Ru/c2*1-4-10-16(11-5-1)19(17-12-6-2-7-13-17)18-14-8-3-9-15-18;2*1-14-7-3-5-9-16(14)18-11-12-19(13-18)17-10-6-4-8-15(17)2;2*1-2-6-12(7-3-1)15-11-10-13-8-4-5-9-14(13)15;7-6-4-2-1-3-5-6;1-4-5(2,3)6;;;2-1(3,4)5;;;;;;;/h2*1-15H;2*3-10,13H,11-12H2,1-2H3;2*1-9,11H;1-5H,7H2;4H2,1-3H3;2*1H4;;4*1H;;;/q;;-1;+1;;;;-1;;;-1;;;;;+1;2*+2/p-2. The summed E-state index contributed by atoms with van der Waals surface area (Å²) >= 11 is -3.76. The van der Waals surface area contributed by atoms with Gasteiger partial charge in [0.1, 0.15) is 56.3 Å². The van der Waals surface area contributed by atoms with E-state index in [1.807, 2.05) is 85.8 Å². The minimum Gasteiger partial charge on any atom is -0.0620 e. The molecule has 19 rings (SSSR count). The Labute approximate surface area is 861 Å². The minimum atomic E-state index is -6.00. The second-order valence-electron chi connectivity index (χ2n) is 31.1. The van der Waals surface area contributed by atoms with Crippen molar-refractivity contribution in [2.45, 2.75) is 75.3 Å². The van der Waals surface area contributed by atoms with Crippen LogP contribution < -0.4 is 108 Å². The molecular weight excluding hydrogens is 1990 g/mol. The zero-order valence-electron chi connectivity index (χ0n) is 74.8. The molecule has 0 aromatic heterocycles. The Hall–Kier alpha value is -8.33. The molecule has 1 fully saturated rings. The Morgan fingerprint density at radius 2 is 0.617 bits per heavy atom. The van der Waals surface area contributed by atoms with E-state index in [1.54, 1.807) is 13.8 Å². The molecular formula is C113H116BCl4F4KN4OP3Ru2+. The van der Waals surface area contributed by atoms with E-state index in [2.05, 4.69) is 421 Å². The van der Waals surface area contributed by atoms with Gasteiger partial charge in [-0.1, -0.05) is 254 Å². The third kappa shape index (κ3) is 34.4. The Balaban J connectivity index is 0.000000188. The molecule has 133 heavy (non-hydrogen) atoms. The molecule has 0 N–H and O–H groups in total. The average molecular weight is 2110 g/mol. The van der Waals surface area contributed by atoms with Gasteiger partial charge < -0.3 is 32.2 Å². The van der Waals surface area contributed by atoms with E-state index in [9.17, 15) is 22.4 Å². The molecule has 15 aromatic carbocycles. The van der Waals surface area contributed by atoms with Crippen LogP contribution in [0.5, 0.6) is 0 Å². The molecule has 2 aliphatic heterocycles. The van der Waals surface area contributed by atoms with Crippen LogP contribution >= 0.6 is 63.8 Å². The maximum Gasteiger partial charge on any atom is 1.00 e. The fraction of sp³-hybridized carbons (Fsp3) is 0.133. The number of nitrogens with zero attached hydrogens (tertiary/aromatic N) is 4. The first-order valence-corrected chi connectivity index (χ1v) is 57.1. The quantitative estimate of drug-likeness (QED) is 0.0379. The molecule has 1 atom stereocenters. The fourth-order valence-corrected chi connectivity index (χ4v) is 25.0. The van der Waals surface area contributed by atoms with Crippen molar-refractivity contribution in [2.24, 2.45) is 0 Å². The zero-order chi connectivity index (χ0) is 92.2. The summed E-state index contributed by atoms with van der Waals surface area (Å²) in [5.74, 6) is 0. The summed E-state index contributed by atoms with van der Waals surface area (Å²) in [5, 5.41) is 20.3. The molecule has 0 bridgehead atoms. The van der Waals surface area contributed by atoms with Gasteiger partial charge in [-0.3, -0.25) is 0 Å². The van der Waals surface area contributed by atoms with Gasteiger partial charge in [0.05, 0.1) is 15.8 Å². The van der Waals surface area contributed by atoms with Gasteiger partial charge in [-0.15, -0.1) is 14.8 Å². The number of hydrogen-bond donors (Lipinski definition) is 0. The summed E-state index contributed by atoms with van der Waals surface area (Å²) in [5.41, 5.74) is 19.5. The topological polar surface area (TPSA) is 35.8 Å². The molecule has 15 aromatic rings. The van der Waals surface area contributed by atoms with Crippen molar-refractivity contribution >= 4 is 157 Å². The van der Waals surface area contributed by atoms with Gasteiger partial charge in [-0.25, -0.2) is 9.48 Å². The molecule has 1 saturated heterocycles. The third-order valence-corrected chi connectivity index (χ3v) is 33.5. The van der Waals surface area contributed by atoms with E-state index < -0.39 is 55.7 Å². The van der Waals surface area contributed by atoms with Gasteiger partial charge >= 0.3 is 299 Å². The number of para-hydroxylation sites is 4. The maximum atomic E-state index is 10.5. The van der Waals surface area contributed by atoms with Crippen LogP contribution in [0.3, 0.4) is 0 Å². The predicted octanol–water partition coefficient (Wildman–Crippen LogP) is 24.1. The Morgan fingerprint density at radius 3 is 0.887 bits per heavy atom. The van der Waals surface area contributed by atoms with Gasteiger partial charge in [0.2, 0.25) is 6.34 Å². The van der Waals surface area contributed by atoms with Gasteiger partial charge in [0.25, 0.3) is 0 Å². The van der Waals surface area contributed by atoms with Crippen molar-refractivity contribution in [2.75, 3.05) is 40.9 Å². The molecule has 0 spiro atoms. The smallest absolute Gasteiger partial charge is 0.0620 e. The first kappa shape index (κ1) is 110. The molecule has 0 saturated carbocycles. The SMILES string of the molecule is C.C.CCC(C)(C)[O-].Cc1ccccc1N1C=[N+](c2ccccc2C)CC1.Cc1ccccc1N1[CH-]N(c2ccccc2C)CC1.F[B-](F)(F)F.Pc1ccccc1.[Cl][Ru]([Cl])=[C]1C=C(c2ccccc2)c2ccccc21.[Cl][Ru]([Cl])=[C]1C=C(c2ccccc2)c2ccccc21.[K+].c1ccc([PH+](c2ccccc2)c2ccccc2)cc1.c1ccc([PH+](c2ccccc2)c2ccccc2)cc1. The molecule has 4 aliphatic rings. The molecule has 20 heteroatoms. The number of aryl methyl sites for hydroxylation is 4. The summed E-state index contributed by atoms with van der Waals surface area (Å²) in [6.07, 6.45) is 7.25. The summed E-state index contributed by atoms with van der Waals surface area (Å²) in [6.45, 7) is 20.3. The van der Waals surface area contributed by atoms with Crippen LogP contribution in [0, 0.1) is 34.4 Å². The maximum absolute atomic E-state index is 10.5. The second-order valence-corrected chi connectivity index (χ2v) is 48.3. The van der Waals surface area contributed by atoms with Crippen molar-refractivity contribution in [3.8, 4) is 0 Å². The number of anilines is 3. The molecule has 0 amide bonds. The summed E-state index contributed by atoms with van der Waals surface area (Å²) in [4.78, 5) is 7.01.